The molecule has 0 aliphatic carbocycles. The summed E-state index contributed by atoms with van der Waals surface area (Å²) in [7, 11) is 0. The first-order valence-corrected chi connectivity index (χ1v) is 6.19. The average molecular weight is 262 g/mol. The van der Waals surface area contributed by atoms with Crippen molar-refractivity contribution in [2.45, 2.75) is 23.9 Å². The fraction of sp³-hybridized carbons (Fsp3) is 0.167. The van der Waals surface area contributed by atoms with Crippen LogP contribution in [0.2, 0.25) is 0 Å². The highest BCUT2D eigenvalue weighted by Crippen LogP contribution is 2.31. The molecule has 6 heteroatoms. The van der Waals surface area contributed by atoms with Crippen molar-refractivity contribution in [3.63, 3.8) is 0 Å². The molecule has 2 rings (SSSR count). The van der Waals surface area contributed by atoms with Gasteiger partial charge in [-0.3, -0.25) is 4.79 Å². The Hall–Kier alpha value is -1.95. The van der Waals surface area contributed by atoms with Gasteiger partial charge in [0.2, 0.25) is 0 Å². The summed E-state index contributed by atoms with van der Waals surface area (Å²) in [6.45, 7) is 4.01. The number of nitrogens with one attached hydrogen (secondary N) is 1. The van der Waals surface area contributed by atoms with Gasteiger partial charge in [0, 0.05) is 16.6 Å². The smallest absolute Gasteiger partial charge is 0.253 e. The Morgan fingerprint density at radius 1 is 1.17 bits per heavy atom. The van der Waals surface area contributed by atoms with E-state index in [1.54, 1.807) is 0 Å². The molecule has 0 spiro atoms. The Morgan fingerprint density at radius 3 is 2.50 bits per heavy atom. The van der Waals surface area contributed by atoms with E-state index in [2.05, 4.69) is 9.97 Å². The van der Waals surface area contributed by atoms with Crippen molar-refractivity contribution in [3.05, 3.63) is 39.7 Å². The van der Waals surface area contributed by atoms with Crippen molar-refractivity contribution in [2.24, 2.45) is 0 Å². The number of hydrogen-bond acceptors (Lipinski definition) is 5. The number of rotatable bonds is 2. The third-order valence-electron chi connectivity index (χ3n) is 2.57. The summed E-state index contributed by atoms with van der Waals surface area (Å²) in [4.78, 5) is 18.8. The molecule has 0 radical (unpaired) electrons. The van der Waals surface area contributed by atoms with Crippen molar-refractivity contribution < 1.29 is 0 Å². The summed E-state index contributed by atoms with van der Waals surface area (Å²) in [5.41, 5.74) is 14.1. The number of hydrogen-bond donors (Lipinski definition) is 3. The minimum absolute atomic E-state index is 0.198. The number of aromatic amines is 1. The molecule has 1 aromatic carbocycles. The molecule has 1 aromatic heterocycles. The topological polar surface area (TPSA) is 97.8 Å². The Balaban J connectivity index is 2.39. The molecule has 0 amide bonds. The van der Waals surface area contributed by atoms with E-state index in [1.807, 2.05) is 26.0 Å². The summed E-state index contributed by atoms with van der Waals surface area (Å²) >= 11 is 1.29. The normalized spacial score (nSPS) is 10.6. The molecule has 94 valence electrons. The minimum atomic E-state index is -0.271. The van der Waals surface area contributed by atoms with E-state index in [0.717, 1.165) is 16.0 Å². The lowest BCUT2D eigenvalue weighted by molar-refractivity contribution is 0.945. The van der Waals surface area contributed by atoms with Crippen LogP contribution in [0.1, 0.15) is 11.1 Å². The predicted octanol–water partition coefficient (Wildman–Crippen LogP) is 1.70. The standard InChI is InChI=1S/C12H14N4OS/c1-6-3-8(13)9(4-7(6)2)18-12-15-10(14)5-11(17)16-12/h3-5H,13H2,1-2H3,(H3,14,15,16,17). The molecular weight excluding hydrogens is 248 g/mol. The van der Waals surface area contributed by atoms with Crippen molar-refractivity contribution in [3.8, 4) is 0 Å². The van der Waals surface area contributed by atoms with E-state index < -0.39 is 0 Å². The molecule has 1 heterocycles. The molecule has 2 aromatic rings. The third-order valence-corrected chi connectivity index (χ3v) is 3.53. The zero-order valence-corrected chi connectivity index (χ0v) is 11.0. The lowest BCUT2D eigenvalue weighted by Crippen LogP contribution is -2.09. The van der Waals surface area contributed by atoms with Gasteiger partial charge in [-0.15, -0.1) is 0 Å². The monoisotopic (exact) mass is 262 g/mol. The number of nitrogens with zero attached hydrogens (tertiary/aromatic N) is 1. The van der Waals surface area contributed by atoms with Crippen LogP contribution < -0.4 is 17.0 Å². The fourth-order valence-electron chi connectivity index (χ4n) is 1.51. The van der Waals surface area contributed by atoms with Crippen molar-refractivity contribution in [1.82, 2.24) is 9.97 Å². The van der Waals surface area contributed by atoms with Crippen molar-refractivity contribution in [2.75, 3.05) is 11.5 Å². The van der Waals surface area contributed by atoms with Gasteiger partial charge in [0.05, 0.1) is 0 Å². The number of H-pyrrole nitrogens is 1. The molecule has 0 saturated heterocycles. The quantitative estimate of drug-likeness (QED) is 0.565. The Labute approximate surface area is 109 Å². The van der Waals surface area contributed by atoms with Gasteiger partial charge >= 0.3 is 0 Å². The van der Waals surface area contributed by atoms with Crippen LogP contribution in [-0.4, -0.2) is 9.97 Å². The van der Waals surface area contributed by atoms with Crippen LogP contribution in [0.3, 0.4) is 0 Å². The number of nitrogens with two attached hydrogens (primary N) is 2. The van der Waals surface area contributed by atoms with Crippen LogP contribution in [0, 0.1) is 13.8 Å². The van der Waals surface area contributed by atoms with Gasteiger partial charge in [-0.25, -0.2) is 4.98 Å². The second-order valence-corrected chi connectivity index (χ2v) is 5.08. The maximum Gasteiger partial charge on any atom is 0.253 e. The molecule has 18 heavy (non-hydrogen) atoms. The lowest BCUT2D eigenvalue weighted by atomic mass is 10.1. The summed E-state index contributed by atoms with van der Waals surface area (Å²) in [5.74, 6) is 0.198. The van der Waals surface area contributed by atoms with Crippen molar-refractivity contribution in [1.29, 1.82) is 0 Å². The molecule has 0 aliphatic heterocycles. The van der Waals surface area contributed by atoms with Gasteiger partial charge in [-0.05, 0) is 48.9 Å². The first-order chi connectivity index (χ1) is 8.45. The molecular formula is C12H14N4OS. The molecule has 5 N–H and O–H groups in total. The zero-order valence-electron chi connectivity index (χ0n) is 10.2. The summed E-state index contributed by atoms with van der Waals surface area (Å²) in [6, 6.07) is 5.12. The van der Waals surface area contributed by atoms with Gasteiger partial charge in [0.1, 0.15) is 5.82 Å². The molecule has 0 bridgehead atoms. The third kappa shape index (κ3) is 2.65. The SMILES string of the molecule is Cc1cc(N)c(Sc2nc(N)cc(=O)[nH]2)cc1C. The van der Waals surface area contributed by atoms with Crippen LogP contribution in [0.25, 0.3) is 0 Å². The van der Waals surface area contributed by atoms with E-state index in [0.29, 0.717) is 10.8 Å². The molecule has 0 fully saturated rings. The highest BCUT2D eigenvalue weighted by molar-refractivity contribution is 7.99. The Morgan fingerprint density at radius 2 is 1.83 bits per heavy atom. The first kappa shape index (κ1) is 12.5. The predicted molar refractivity (Wildman–Crippen MR) is 73.7 cm³/mol. The zero-order chi connectivity index (χ0) is 13.3. The van der Waals surface area contributed by atoms with Crippen LogP contribution in [0.4, 0.5) is 11.5 Å². The van der Waals surface area contributed by atoms with Crippen molar-refractivity contribution >= 4 is 23.3 Å². The molecule has 5 nitrogen and oxygen atoms in total. The first-order valence-electron chi connectivity index (χ1n) is 5.37. The number of benzene rings is 1. The largest absolute Gasteiger partial charge is 0.398 e. The van der Waals surface area contributed by atoms with Crippen LogP contribution in [-0.2, 0) is 0 Å². The highest BCUT2D eigenvalue weighted by Gasteiger charge is 2.07. The van der Waals surface area contributed by atoms with Gasteiger partial charge in [-0.1, -0.05) is 0 Å². The highest BCUT2D eigenvalue weighted by atomic mass is 32.2. The van der Waals surface area contributed by atoms with E-state index in [-0.39, 0.29) is 11.4 Å². The average Bonchev–Trinajstić information content (AvgIpc) is 2.24. The fourth-order valence-corrected chi connectivity index (χ4v) is 2.43. The van der Waals surface area contributed by atoms with Crippen LogP contribution in [0.5, 0.6) is 0 Å². The second-order valence-electron chi connectivity index (χ2n) is 4.05. The second kappa shape index (κ2) is 4.73. The number of anilines is 2. The van der Waals surface area contributed by atoms with Crippen LogP contribution >= 0.6 is 11.8 Å². The maximum absolute atomic E-state index is 11.3. The summed E-state index contributed by atoms with van der Waals surface area (Å²) in [5, 5.41) is 0.440. The maximum atomic E-state index is 11.3. The number of nitrogen functional groups attached to an aromatic ring is 2. The summed E-state index contributed by atoms with van der Waals surface area (Å²) < 4.78 is 0. The molecule has 0 atom stereocenters. The molecule has 0 saturated carbocycles. The van der Waals surface area contributed by atoms with Gasteiger partial charge < -0.3 is 16.5 Å². The number of aryl methyl sites for hydroxylation is 2. The van der Waals surface area contributed by atoms with Gasteiger partial charge in [0.15, 0.2) is 5.16 Å². The lowest BCUT2D eigenvalue weighted by Gasteiger charge is -2.08. The Bertz CT molecular complexity index is 651. The van der Waals surface area contributed by atoms with Crippen LogP contribution in [0.15, 0.2) is 33.0 Å². The summed E-state index contributed by atoms with van der Waals surface area (Å²) in [6.07, 6.45) is 0. The number of aromatic nitrogens is 2. The van der Waals surface area contributed by atoms with E-state index >= 15 is 0 Å². The Kier molecular flexibility index (Phi) is 3.29. The van der Waals surface area contributed by atoms with E-state index in [9.17, 15) is 4.79 Å². The minimum Gasteiger partial charge on any atom is -0.398 e. The van der Waals surface area contributed by atoms with Gasteiger partial charge in [0.25, 0.3) is 5.56 Å². The molecule has 0 unspecified atom stereocenters. The van der Waals surface area contributed by atoms with Gasteiger partial charge in [-0.2, -0.15) is 0 Å². The molecule has 0 aliphatic rings. The van der Waals surface area contributed by atoms with E-state index in [4.69, 9.17) is 11.5 Å². The van der Waals surface area contributed by atoms with E-state index in [1.165, 1.54) is 17.8 Å².